The Kier molecular flexibility index (Phi) is 2.43. The molecule has 0 aliphatic carbocycles. The Morgan fingerprint density at radius 3 is 2.93 bits per heavy atom. The first kappa shape index (κ1) is 9.73. The third kappa shape index (κ3) is 1.85. The number of fused-ring (bicyclic) bond motifs is 1. The highest BCUT2D eigenvalue weighted by Crippen LogP contribution is 2.21. The third-order valence-electron chi connectivity index (χ3n) is 2.32. The summed E-state index contributed by atoms with van der Waals surface area (Å²) in [6, 6.07) is 6.60. The van der Waals surface area contributed by atoms with Crippen molar-refractivity contribution in [2.24, 2.45) is 5.73 Å². The highest BCUT2D eigenvalue weighted by Gasteiger charge is 2.15. The Hall–Kier alpha value is -1.81. The summed E-state index contributed by atoms with van der Waals surface area (Å²) in [7, 11) is 0. The van der Waals surface area contributed by atoms with Crippen molar-refractivity contribution in [3.8, 4) is 0 Å². The van der Waals surface area contributed by atoms with E-state index in [0.29, 0.717) is 0 Å². The minimum Gasteiger partial charge on any atom is -0.480 e. The van der Waals surface area contributed by atoms with Crippen LogP contribution in [-0.2, 0) is 11.2 Å². The van der Waals surface area contributed by atoms with Gasteiger partial charge in [0.15, 0.2) is 0 Å². The summed E-state index contributed by atoms with van der Waals surface area (Å²) >= 11 is 0. The maximum absolute atomic E-state index is 10.6. The van der Waals surface area contributed by atoms with Gasteiger partial charge in [0.25, 0.3) is 0 Å². The maximum atomic E-state index is 10.6. The van der Waals surface area contributed by atoms with Crippen molar-refractivity contribution in [2.75, 3.05) is 0 Å². The number of furan rings is 1. The van der Waals surface area contributed by atoms with E-state index in [4.69, 9.17) is 15.3 Å². The number of carboxylic acid groups (broad SMARTS) is 1. The molecule has 1 unspecified atom stereocenters. The maximum Gasteiger partial charge on any atom is 0.320 e. The Balaban J connectivity index is 2.32. The van der Waals surface area contributed by atoms with Crippen LogP contribution < -0.4 is 5.73 Å². The number of para-hydroxylation sites is 1. The molecule has 0 radical (unpaired) electrons. The summed E-state index contributed by atoms with van der Waals surface area (Å²) in [6.07, 6.45) is 1.85. The lowest BCUT2D eigenvalue weighted by atomic mass is 10.1. The normalized spacial score (nSPS) is 12.9. The average Bonchev–Trinajstić information content (AvgIpc) is 2.62. The summed E-state index contributed by atoms with van der Waals surface area (Å²) in [5, 5.41) is 9.62. The zero-order valence-electron chi connectivity index (χ0n) is 8.01. The topological polar surface area (TPSA) is 76.5 Å². The summed E-state index contributed by atoms with van der Waals surface area (Å²) in [4.78, 5) is 10.6. The van der Waals surface area contributed by atoms with Crippen LogP contribution in [0.5, 0.6) is 0 Å². The molecule has 0 saturated carbocycles. The fourth-order valence-electron chi connectivity index (χ4n) is 1.52. The highest BCUT2D eigenvalue weighted by molar-refractivity contribution is 5.82. The quantitative estimate of drug-likeness (QED) is 0.793. The molecule has 0 aliphatic heterocycles. The van der Waals surface area contributed by atoms with Gasteiger partial charge < -0.3 is 15.3 Å². The number of rotatable bonds is 3. The van der Waals surface area contributed by atoms with Crippen molar-refractivity contribution in [1.29, 1.82) is 0 Å². The van der Waals surface area contributed by atoms with E-state index in [2.05, 4.69) is 0 Å². The molecule has 0 amide bonds. The molecule has 3 N–H and O–H groups in total. The van der Waals surface area contributed by atoms with Crippen LogP contribution >= 0.6 is 0 Å². The lowest BCUT2D eigenvalue weighted by Crippen LogP contribution is -2.32. The standard InChI is InChI=1S/C11H11NO3/c12-9(11(13)14)5-7-6-15-10-4-2-1-3-8(7)10/h1-4,6,9H,5,12H2,(H,13,14). The fourth-order valence-corrected chi connectivity index (χ4v) is 1.52. The van der Waals surface area contributed by atoms with Crippen LogP contribution in [0.2, 0.25) is 0 Å². The van der Waals surface area contributed by atoms with Crippen LogP contribution in [0, 0.1) is 0 Å². The van der Waals surface area contributed by atoms with E-state index < -0.39 is 12.0 Å². The molecule has 1 aromatic carbocycles. The van der Waals surface area contributed by atoms with Gasteiger partial charge in [-0.25, -0.2) is 0 Å². The first-order chi connectivity index (χ1) is 7.18. The molecule has 4 heteroatoms. The molecule has 2 aromatic rings. The number of aliphatic carboxylic acids is 1. The molecule has 1 aromatic heterocycles. The Bertz CT molecular complexity index is 489. The van der Waals surface area contributed by atoms with Crippen LogP contribution in [-0.4, -0.2) is 17.1 Å². The van der Waals surface area contributed by atoms with Gasteiger partial charge in [-0.3, -0.25) is 4.79 Å². The van der Waals surface area contributed by atoms with Gasteiger partial charge in [-0.15, -0.1) is 0 Å². The van der Waals surface area contributed by atoms with Crippen molar-refractivity contribution < 1.29 is 14.3 Å². The Morgan fingerprint density at radius 1 is 1.47 bits per heavy atom. The van der Waals surface area contributed by atoms with E-state index in [1.807, 2.05) is 24.3 Å². The molecule has 78 valence electrons. The molecule has 1 atom stereocenters. The number of benzene rings is 1. The zero-order valence-corrected chi connectivity index (χ0v) is 8.01. The highest BCUT2D eigenvalue weighted by atomic mass is 16.4. The summed E-state index contributed by atoms with van der Waals surface area (Å²) in [5.41, 5.74) is 7.05. The number of nitrogens with two attached hydrogens (primary N) is 1. The van der Waals surface area contributed by atoms with Crippen molar-refractivity contribution in [1.82, 2.24) is 0 Å². The number of hydrogen-bond donors (Lipinski definition) is 2. The van der Waals surface area contributed by atoms with Crippen molar-refractivity contribution in [2.45, 2.75) is 12.5 Å². The van der Waals surface area contributed by atoms with Crippen LogP contribution in [0.15, 0.2) is 34.9 Å². The van der Waals surface area contributed by atoms with Gasteiger partial charge in [-0.05, 0) is 6.07 Å². The first-order valence-electron chi connectivity index (χ1n) is 4.62. The van der Waals surface area contributed by atoms with Crippen LogP contribution in [0.3, 0.4) is 0 Å². The largest absolute Gasteiger partial charge is 0.480 e. The molecule has 0 saturated heterocycles. The molecule has 0 bridgehead atoms. The lowest BCUT2D eigenvalue weighted by molar-refractivity contribution is -0.138. The van der Waals surface area contributed by atoms with Gasteiger partial charge in [0, 0.05) is 17.4 Å². The van der Waals surface area contributed by atoms with Gasteiger partial charge >= 0.3 is 5.97 Å². The summed E-state index contributed by atoms with van der Waals surface area (Å²) in [6.45, 7) is 0. The van der Waals surface area contributed by atoms with E-state index in [-0.39, 0.29) is 6.42 Å². The SMILES string of the molecule is NC(Cc1coc2ccccc12)C(=O)O. The second kappa shape index (κ2) is 3.74. The van der Waals surface area contributed by atoms with Gasteiger partial charge in [-0.1, -0.05) is 18.2 Å². The fraction of sp³-hybridized carbons (Fsp3) is 0.182. The summed E-state index contributed by atoms with van der Waals surface area (Å²) in [5.74, 6) is -1.000. The predicted octanol–water partition coefficient (Wildman–Crippen LogP) is 1.39. The molecule has 0 spiro atoms. The second-order valence-corrected chi connectivity index (χ2v) is 3.41. The Labute approximate surface area is 86.3 Å². The van der Waals surface area contributed by atoms with E-state index in [9.17, 15) is 4.79 Å². The first-order valence-corrected chi connectivity index (χ1v) is 4.62. The minimum atomic E-state index is -1.000. The van der Waals surface area contributed by atoms with Crippen LogP contribution in [0.25, 0.3) is 11.0 Å². The zero-order chi connectivity index (χ0) is 10.8. The van der Waals surface area contributed by atoms with Crippen LogP contribution in [0.4, 0.5) is 0 Å². The smallest absolute Gasteiger partial charge is 0.320 e. The average molecular weight is 205 g/mol. The lowest BCUT2D eigenvalue weighted by Gasteiger charge is -2.03. The van der Waals surface area contributed by atoms with Gasteiger partial charge in [-0.2, -0.15) is 0 Å². The molecule has 2 rings (SSSR count). The molecule has 0 aliphatic rings. The van der Waals surface area contributed by atoms with Gasteiger partial charge in [0.05, 0.1) is 6.26 Å². The molecule has 1 heterocycles. The molecular formula is C11H11NO3. The van der Waals surface area contributed by atoms with Gasteiger partial charge in [0.2, 0.25) is 0 Å². The van der Waals surface area contributed by atoms with E-state index in [0.717, 1.165) is 16.5 Å². The number of carbonyl (C=O) groups is 1. The van der Waals surface area contributed by atoms with Crippen molar-refractivity contribution in [3.63, 3.8) is 0 Å². The van der Waals surface area contributed by atoms with Crippen LogP contribution in [0.1, 0.15) is 5.56 Å². The van der Waals surface area contributed by atoms with Crippen molar-refractivity contribution in [3.05, 3.63) is 36.1 Å². The predicted molar refractivity (Wildman–Crippen MR) is 55.5 cm³/mol. The molecular weight excluding hydrogens is 194 g/mol. The number of hydrogen-bond acceptors (Lipinski definition) is 3. The third-order valence-corrected chi connectivity index (χ3v) is 2.32. The Morgan fingerprint density at radius 2 is 2.20 bits per heavy atom. The second-order valence-electron chi connectivity index (χ2n) is 3.41. The van der Waals surface area contributed by atoms with E-state index >= 15 is 0 Å². The molecule has 0 fully saturated rings. The summed E-state index contributed by atoms with van der Waals surface area (Å²) < 4.78 is 5.28. The van der Waals surface area contributed by atoms with E-state index in [1.165, 1.54) is 0 Å². The van der Waals surface area contributed by atoms with Crippen molar-refractivity contribution >= 4 is 16.9 Å². The van der Waals surface area contributed by atoms with Gasteiger partial charge in [0.1, 0.15) is 11.6 Å². The monoisotopic (exact) mass is 205 g/mol. The molecule has 15 heavy (non-hydrogen) atoms. The minimum absolute atomic E-state index is 0.284. The van der Waals surface area contributed by atoms with E-state index in [1.54, 1.807) is 6.26 Å². The number of carboxylic acids is 1. The molecule has 4 nitrogen and oxygen atoms in total.